The second-order valence-corrected chi connectivity index (χ2v) is 11.0. The Morgan fingerprint density at radius 1 is 1.12 bits per heavy atom. The number of nitrogens with one attached hydrogen (secondary N) is 1. The van der Waals surface area contributed by atoms with E-state index in [1.54, 1.807) is 35.0 Å². The van der Waals surface area contributed by atoms with Crippen LogP contribution in [0.2, 0.25) is 0 Å². The van der Waals surface area contributed by atoms with Crippen molar-refractivity contribution in [1.29, 1.82) is 0 Å². The van der Waals surface area contributed by atoms with E-state index in [1.807, 2.05) is 38.1 Å². The van der Waals surface area contributed by atoms with Crippen LogP contribution in [-0.2, 0) is 14.8 Å². The molecular formula is C23H23N5O3S2. The molecule has 2 aromatic heterocycles. The van der Waals surface area contributed by atoms with Gasteiger partial charge < -0.3 is 5.32 Å². The molecule has 0 radical (unpaired) electrons. The van der Waals surface area contributed by atoms with Crippen LogP contribution in [0.25, 0.3) is 15.3 Å². The van der Waals surface area contributed by atoms with Crippen molar-refractivity contribution >= 4 is 43.3 Å². The van der Waals surface area contributed by atoms with Crippen LogP contribution in [-0.4, -0.2) is 46.0 Å². The van der Waals surface area contributed by atoms with Crippen molar-refractivity contribution in [2.75, 3.05) is 11.9 Å². The lowest BCUT2D eigenvalue weighted by molar-refractivity contribution is -0.119. The number of aryl methyl sites for hydroxylation is 2. The van der Waals surface area contributed by atoms with Crippen LogP contribution in [0.5, 0.6) is 0 Å². The largest absolute Gasteiger partial charge is 0.309 e. The molecule has 1 aliphatic rings. The summed E-state index contributed by atoms with van der Waals surface area (Å²) in [5, 5.41) is 8.03. The number of rotatable bonds is 5. The van der Waals surface area contributed by atoms with Crippen LogP contribution in [0.1, 0.15) is 24.1 Å². The quantitative estimate of drug-likeness (QED) is 0.466. The lowest BCUT2D eigenvalue weighted by Gasteiger charge is -2.23. The summed E-state index contributed by atoms with van der Waals surface area (Å²) in [5.41, 5.74) is 2.55. The van der Waals surface area contributed by atoms with Crippen molar-refractivity contribution in [3.05, 3.63) is 65.9 Å². The second-order valence-electron chi connectivity index (χ2n) is 8.12. The minimum Gasteiger partial charge on any atom is -0.309 e. The van der Waals surface area contributed by atoms with Gasteiger partial charge in [0.2, 0.25) is 21.1 Å². The van der Waals surface area contributed by atoms with Gasteiger partial charge in [-0.1, -0.05) is 41.2 Å². The number of amides is 1. The maximum absolute atomic E-state index is 13.2. The molecule has 33 heavy (non-hydrogen) atoms. The third kappa shape index (κ3) is 4.05. The van der Waals surface area contributed by atoms with Crippen molar-refractivity contribution < 1.29 is 13.2 Å². The van der Waals surface area contributed by atoms with Crippen LogP contribution < -0.4 is 5.32 Å². The predicted octanol–water partition coefficient (Wildman–Crippen LogP) is 3.89. The van der Waals surface area contributed by atoms with Crippen LogP contribution >= 0.6 is 11.3 Å². The number of benzene rings is 2. The molecule has 1 N–H and O–H groups in total. The number of thiazole rings is 1. The first-order valence-electron chi connectivity index (χ1n) is 10.6. The predicted molar refractivity (Wildman–Crippen MR) is 128 cm³/mol. The smallest absolute Gasteiger partial charge is 0.243 e. The standard InChI is InChI=1S/C23H23N5O3S2/c1-15-9-11-17(12-10-15)33(30,31)27-13-5-7-19(27)22(29)25-21-14-16(2)26-28(21)23-24-18-6-3-4-8-20(18)32-23/h3-4,6,8-12,14,19H,5,7,13H2,1-2H3,(H,25,29). The van der Waals surface area contributed by atoms with Gasteiger partial charge >= 0.3 is 0 Å². The fourth-order valence-electron chi connectivity index (χ4n) is 4.03. The third-order valence-electron chi connectivity index (χ3n) is 5.68. The number of aromatic nitrogens is 3. The maximum Gasteiger partial charge on any atom is 0.243 e. The molecular weight excluding hydrogens is 458 g/mol. The van der Waals surface area contributed by atoms with Gasteiger partial charge in [0.1, 0.15) is 11.9 Å². The van der Waals surface area contributed by atoms with Gasteiger partial charge in [0.15, 0.2) is 0 Å². The van der Waals surface area contributed by atoms with E-state index in [2.05, 4.69) is 15.4 Å². The van der Waals surface area contributed by atoms with E-state index in [1.165, 1.54) is 15.6 Å². The summed E-state index contributed by atoms with van der Waals surface area (Å²) in [6, 6.07) is 15.5. The van der Waals surface area contributed by atoms with Crippen LogP contribution in [0.4, 0.5) is 5.82 Å². The van der Waals surface area contributed by atoms with Crippen molar-refractivity contribution in [2.24, 2.45) is 0 Å². The number of anilines is 1. The zero-order valence-corrected chi connectivity index (χ0v) is 19.9. The average Bonchev–Trinajstić information content (AvgIpc) is 3.52. The maximum atomic E-state index is 13.2. The molecule has 0 spiro atoms. The van der Waals surface area contributed by atoms with Gasteiger partial charge in [-0.05, 0) is 51.0 Å². The zero-order valence-electron chi connectivity index (χ0n) is 18.2. The van der Waals surface area contributed by atoms with Crippen LogP contribution in [0.3, 0.4) is 0 Å². The Hall–Kier alpha value is -3.08. The van der Waals surface area contributed by atoms with Crippen LogP contribution in [0, 0.1) is 13.8 Å². The molecule has 1 unspecified atom stereocenters. The highest BCUT2D eigenvalue weighted by molar-refractivity contribution is 7.89. The van der Waals surface area contributed by atoms with Crippen LogP contribution in [0.15, 0.2) is 59.5 Å². The van der Waals surface area contributed by atoms with Crippen molar-refractivity contribution in [3.8, 4) is 5.13 Å². The third-order valence-corrected chi connectivity index (χ3v) is 8.61. The molecule has 1 aliphatic heterocycles. The Labute approximate surface area is 195 Å². The fraction of sp³-hybridized carbons (Fsp3) is 0.261. The van der Waals surface area contributed by atoms with E-state index >= 15 is 0 Å². The van der Waals surface area contributed by atoms with Gasteiger partial charge in [-0.25, -0.2) is 13.4 Å². The monoisotopic (exact) mass is 481 g/mol. The molecule has 170 valence electrons. The van der Waals surface area contributed by atoms with Gasteiger partial charge in [-0.3, -0.25) is 4.79 Å². The topological polar surface area (TPSA) is 97.2 Å². The molecule has 4 aromatic rings. The zero-order chi connectivity index (χ0) is 23.2. The summed E-state index contributed by atoms with van der Waals surface area (Å²) in [7, 11) is -3.78. The Morgan fingerprint density at radius 2 is 1.88 bits per heavy atom. The molecule has 2 aromatic carbocycles. The van der Waals surface area contributed by atoms with Gasteiger partial charge in [0.25, 0.3) is 0 Å². The molecule has 3 heterocycles. The molecule has 0 saturated carbocycles. The number of para-hydroxylation sites is 1. The number of hydrogen-bond donors (Lipinski definition) is 1. The summed E-state index contributed by atoms with van der Waals surface area (Å²) in [6.07, 6.45) is 1.09. The fourth-order valence-corrected chi connectivity index (χ4v) is 6.62. The molecule has 5 rings (SSSR count). The summed E-state index contributed by atoms with van der Waals surface area (Å²) in [6.45, 7) is 4.05. The summed E-state index contributed by atoms with van der Waals surface area (Å²) >= 11 is 1.47. The molecule has 8 nitrogen and oxygen atoms in total. The first-order valence-corrected chi connectivity index (χ1v) is 12.9. The molecule has 1 fully saturated rings. The number of nitrogens with zero attached hydrogens (tertiary/aromatic N) is 4. The van der Waals surface area contributed by atoms with Crippen molar-refractivity contribution in [3.63, 3.8) is 0 Å². The molecule has 10 heteroatoms. The minimum atomic E-state index is -3.78. The second kappa shape index (κ2) is 8.36. The number of fused-ring (bicyclic) bond motifs is 1. The summed E-state index contributed by atoms with van der Waals surface area (Å²) in [4.78, 5) is 18.1. The number of carbonyl (C=O) groups is 1. The molecule has 0 bridgehead atoms. The van der Waals surface area contributed by atoms with Gasteiger partial charge in [-0.15, -0.1) is 0 Å². The Balaban J connectivity index is 1.42. The molecule has 0 aliphatic carbocycles. The van der Waals surface area contributed by atoms with E-state index in [4.69, 9.17) is 0 Å². The van der Waals surface area contributed by atoms with Crippen molar-refractivity contribution in [1.82, 2.24) is 19.1 Å². The lowest BCUT2D eigenvalue weighted by atomic mass is 10.2. The SMILES string of the molecule is Cc1ccc(S(=O)(=O)N2CCCC2C(=O)Nc2cc(C)nn2-c2nc3ccccc3s2)cc1. The number of carbonyl (C=O) groups excluding carboxylic acids is 1. The normalized spacial score (nSPS) is 17.0. The van der Waals surface area contributed by atoms with E-state index in [-0.39, 0.29) is 10.8 Å². The van der Waals surface area contributed by atoms with Gasteiger partial charge in [0.05, 0.1) is 20.8 Å². The first-order chi connectivity index (χ1) is 15.8. The Morgan fingerprint density at radius 3 is 2.64 bits per heavy atom. The van der Waals surface area contributed by atoms with E-state index in [0.29, 0.717) is 30.3 Å². The highest BCUT2D eigenvalue weighted by Gasteiger charge is 2.39. The number of hydrogen-bond acceptors (Lipinski definition) is 6. The van der Waals surface area contributed by atoms with Gasteiger partial charge in [-0.2, -0.15) is 14.1 Å². The summed E-state index contributed by atoms with van der Waals surface area (Å²) < 4.78 is 30.4. The highest BCUT2D eigenvalue weighted by atomic mass is 32.2. The Kier molecular flexibility index (Phi) is 5.51. The highest BCUT2D eigenvalue weighted by Crippen LogP contribution is 2.29. The first kappa shape index (κ1) is 21.7. The Bertz CT molecular complexity index is 1410. The summed E-state index contributed by atoms with van der Waals surface area (Å²) in [5.74, 6) is 0.0987. The number of sulfonamides is 1. The average molecular weight is 482 g/mol. The minimum absolute atomic E-state index is 0.197. The molecule has 1 atom stereocenters. The van der Waals surface area contributed by atoms with E-state index < -0.39 is 16.1 Å². The molecule has 1 saturated heterocycles. The van der Waals surface area contributed by atoms with E-state index in [0.717, 1.165) is 21.5 Å². The molecule has 1 amide bonds. The van der Waals surface area contributed by atoms with Gasteiger partial charge in [0, 0.05) is 12.6 Å². The van der Waals surface area contributed by atoms with Crippen molar-refractivity contribution in [2.45, 2.75) is 37.6 Å². The van der Waals surface area contributed by atoms with E-state index in [9.17, 15) is 13.2 Å². The lowest BCUT2D eigenvalue weighted by Crippen LogP contribution is -2.43.